The number of nitrogens with zero attached hydrogens (tertiary/aromatic N) is 4. The Morgan fingerprint density at radius 1 is 1.42 bits per heavy atom. The van der Waals surface area contributed by atoms with Crippen molar-refractivity contribution in [3.8, 4) is 0 Å². The fraction of sp³-hybridized carbons (Fsp3) is 0.167. The zero-order valence-corrected chi connectivity index (χ0v) is 10.6. The summed E-state index contributed by atoms with van der Waals surface area (Å²) in [5.74, 6) is 0.320. The highest BCUT2D eigenvalue weighted by Crippen LogP contribution is 2.02. The van der Waals surface area contributed by atoms with Crippen LogP contribution in [0.4, 0.5) is 5.82 Å². The summed E-state index contributed by atoms with van der Waals surface area (Å²) in [7, 11) is 3.03. The molecule has 0 aromatic carbocycles. The number of hydrazone groups is 1. The summed E-state index contributed by atoms with van der Waals surface area (Å²) in [6.45, 7) is 0. The average Bonchev–Trinajstić information content (AvgIpc) is 2.42. The number of rotatable bonds is 3. The van der Waals surface area contributed by atoms with Crippen LogP contribution in [0.3, 0.4) is 0 Å². The molecular formula is C12H13N5O2. The molecule has 0 unspecified atom stereocenters. The Bertz CT molecular complexity index is 671. The summed E-state index contributed by atoms with van der Waals surface area (Å²) in [6.07, 6.45) is 3.19. The molecule has 19 heavy (non-hydrogen) atoms. The highest BCUT2D eigenvalue weighted by molar-refractivity contribution is 5.77. The van der Waals surface area contributed by atoms with Crippen LogP contribution in [0, 0.1) is 0 Å². The van der Waals surface area contributed by atoms with Gasteiger partial charge in [-0.2, -0.15) is 5.10 Å². The second-order valence-corrected chi connectivity index (χ2v) is 3.88. The van der Waals surface area contributed by atoms with E-state index in [-0.39, 0.29) is 0 Å². The molecule has 0 saturated carbocycles. The van der Waals surface area contributed by atoms with Gasteiger partial charge in [0.15, 0.2) is 0 Å². The molecule has 0 aliphatic carbocycles. The molecule has 7 heteroatoms. The molecule has 0 bridgehead atoms. The Hall–Kier alpha value is -2.70. The predicted octanol–water partition coefficient (Wildman–Crippen LogP) is -0.0611. The third kappa shape index (κ3) is 2.95. The first-order chi connectivity index (χ1) is 9.08. The van der Waals surface area contributed by atoms with Crippen molar-refractivity contribution in [3.05, 3.63) is 57.0 Å². The maximum Gasteiger partial charge on any atom is 0.329 e. The third-order valence-corrected chi connectivity index (χ3v) is 2.53. The molecule has 2 aromatic heterocycles. The van der Waals surface area contributed by atoms with Crippen LogP contribution in [0.2, 0.25) is 0 Å². The summed E-state index contributed by atoms with van der Waals surface area (Å²) in [5, 5.41) is 5.50. The van der Waals surface area contributed by atoms with Gasteiger partial charge in [0.2, 0.25) is 0 Å². The van der Waals surface area contributed by atoms with E-state index in [4.69, 9.17) is 0 Å². The van der Waals surface area contributed by atoms with Gasteiger partial charge in [-0.1, -0.05) is 6.07 Å². The van der Waals surface area contributed by atoms with Crippen LogP contribution in [0.25, 0.3) is 0 Å². The van der Waals surface area contributed by atoms with E-state index in [0.717, 1.165) is 4.57 Å². The number of nitrogens with one attached hydrogen (secondary N) is 1. The zero-order valence-electron chi connectivity index (χ0n) is 10.6. The van der Waals surface area contributed by atoms with Crippen molar-refractivity contribution in [3.63, 3.8) is 0 Å². The van der Waals surface area contributed by atoms with Gasteiger partial charge >= 0.3 is 5.69 Å². The van der Waals surface area contributed by atoms with E-state index < -0.39 is 11.2 Å². The number of H-pyrrole nitrogens is 1. The summed E-state index contributed by atoms with van der Waals surface area (Å²) in [6, 6.07) is 6.75. The van der Waals surface area contributed by atoms with Crippen molar-refractivity contribution in [2.45, 2.75) is 0 Å². The van der Waals surface area contributed by atoms with Crippen LogP contribution >= 0.6 is 0 Å². The van der Waals surface area contributed by atoms with Crippen LogP contribution in [0.15, 0.2) is 45.2 Å². The molecule has 0 radical (unpaired) electrons. The molecule has 0 fully saturated rings. The van der Waals surface area contributed by atoms with Crippen molar-refractivity contribution in [2.24, 2.45) is 12.1 Å². The Morgan fingerprint density at radius 3 is 2.84 bits per heavy atom. The van der Waals surface area contributed by atoms with Crippen molar-refractivity contribution in [1.29, 1.82) is 0 Å². The SMILES string of the molecule is CN(N=Cc1ccccn1)c1cc(=O)n(C)c(=O)[nH]1. The fourth-order valence-corrected chi connectivity index (χ4v) is 1.38. The number of aromatic nitrogens is 3. The first-order valence-electron chi connectivity index (χ1n) is 5.57. The molecule has 2 rings (SSSR count). The van der Waals surface area contributed by atoms with E-state index in [1.807, 2.05) is 6.07 Å². The summed E-state index contributed by atoms with van der Waals surface area (Å²) in [5.41, 5.74) is -0.193. The van der Waals surface area contributed by atoms with Gasteiger partial charge in [-0.25, -0.2) is 4.79 Å². The molecular weight excluding hydrogens is 246 g/mol. The summed E-state index contributed by atoms with van der Waals surface area (Å²) >= 11 is 0. The first-order valence-corrected chi connectivity index (χ1v) is 5.57. The molecule has 0 aliphatic heterocycles. The average molecular weight is 259 g/mol. The predicted molar refractivity (Wildman–Crippen MR) is 72.5 cm³/mol. The Balaban J connectivity index is 2.26. The quantitative estimate of drug-likeness (QED) is 0.618. The first kappa shape index (κ1) is 12.7. The van der Waals surface area contributed by atoms with Gasteiger partial charge in [0.25, 0.3) is 5.56 Å². The van der Waals surface area contributed by atoms with E-state index >= 15 is 0 Å². The number of anilines is 1. The van der Waals surface area contributed by atoms with Crippen LogP contribution < -0.4 is 16.3 Å². The molecule has 2 heterocycles. The van der Waals surface area contributed by atoms with Crippen LogP contribution in [-0.4, -0.2) is 27.8 Å². The fourth-order valence-electron chi connectivity index (χ4n) is 1.38. The third-order valence-electron chi connectivity index (χ3n) is 2.53. The minimum absolute atomic E-state index is 0.320. The highest BCUT2D eigenvalue weighted by atomic mass is 16.2. The minimum atomic E-state index is -0.484. The smallest absolute Gasteiger partial charge is 0.292 e. The Labute approximate surface area is 108 Å². The second-order valence-electron chi connectivity index (χ2n) is 3.88. The lowest BCUT2D eigenvalue weighted by Crippen LogP contribution is -2.33. The standard InChI is InChI=1S/C12H13N5O2/c1-16-11(18)7-10(15-12(16)19)17(2)14-8-9-5-3-4-6-13-9/h3-8H,1-2H3,(H,15,19). The number of hydrogen-bond acceptors (Lipinski definition) is 5. The van der Waals surface area contributed by atoms with Crippen molar-refractivity contribution >= 4 is 12.0 Å². The lowest BCUT2D eigenvalue weighted by atomic mass is 10.4. The van der Waals surface area contributed by atoms with Crippen LogP contribution in [0.1, 0.15) is 5.69 Å². The van der Waals surface area contributed by atoms with Gasteiger partial charge < -0.3 is 0 Å². The van der Waals surface area contributed by atoms with E-state index in [0.29, 0.717) is 11.5 Å². The molecule has 1 N–H and O–H groups in total. The Kier molecular flexibility index (Phi) is 3.56. The van der Waals surface area contributed by atoms with Gasteiger partial charge in [0.05, 0.1) is 11.9 Å². The molecule has 7 nitrogen and oxygen atoms in total. The van der Waals surface area contributed by atoms with Gasteiger partial charge in [-0.3, -0.25) is 24.3 Å². The molecule has 2 aromatic rings. The molecule has 0 spiro atoms. The largest absolute Gasteiger partial charge is 0.329 e. The lowest BCUT2D eigenvalue weighted by molar-refractivity contribution is 0.766. The lowest BCUT2D eigenvalue weighted by Gasteiger charge is -2.11. The van der Waals surface area contributed by atoms with E-state index in [2.05, 4.69) is 15.1 Å². The Morgan fingerprint density at radius 2 is 2.21 bits per heavy atom. The maximum absolute atomic E-state index is 11.5. The maximum atomic E-state index is 11.5. The number of hydrogen-bond donors (Lipinski definition) is 1. The zero-order chi connectivity index (χ0) is 13.8. The minimum Gasteiger partial charge on any atom is -0.292 e. The molecule has 0 saturated heterocycles. The second kappa shape index (κ2) is 5.30. The van der Waals surface area contributed by atoms with Crippen LogP contribution in [0.5, 0.6) is 0 Å². The topological polar surface area (TPSA) is 83.3 Å². The van der Waals surface area contributed by atoms with Gasteiger partial charge in [-0.15, -0.1) is 0 Å². The van der Waals surface area contributed by atoms with Crippen molar-refractivity contribution in [2.75, 3.05) is 12.1 Å². The molecule has 0 atom stereocenters. The van der Waals surface area contributed by atoms with E-state index in [1.165, 1.54) is 24.3 Å². The van der Waals surface area contributed by atoms with Gasteiger partial charge in [0.1, 0.15) is 5.82 Å². The van der Waals surface area contributed by atoms with Crippen LogP contribution in [-0.2, 0) is 7.05 Å². The summed E-state index contributed by atoms with van der Waals surface area (Å²) < 4.78 is 0.986. The van der Waals surface area contributed by atoms with Crippen molar-refractivity contribution < 1.29 is 0 Å². The van der Waals surface area contributed by atoms with Gasteiger partial charge in [-0.05, 0) is 12.1 Å². The molecule has 98 valence electrons. The van der Waals surface area contributed by atoms with E-state index in [9.17, 15) is 9.59 Å². The molecule has 0 aliphatic rings. The number of aromatic amines is 1. The molecule has 0 amide bonds. The summed E-state index contributed by atoms with van der Waals surface area (Å²) in [4.78, 5) is 29.6. The van der Waals surface area contributed by atoms with Gasteiger partial charge in [0, 0.05) is 26.4 Å². The normalized spacial score (nSPS) is 10.8. The highest BCUT2D eigenvalue weighted by Gasteiger charge is 2.03. The monoisotopic (exact) mass is 259 g/mol. The number of pyridine rings is 1. The van der Waals surface area contributed by atoms with E-state index in [1.54, 1.807) is 25.4 Å². The van der Waals surface area contributed by atoms with Crippen molar-refractivity contribution in [1.82, 2.24) is 14.5 Å².